The highest BCUT2D eigenvalue weighted by Crippen LogP contribution is 2.46. The minimum Gasteiger partial charge on any atom is -0.352 e. The molecule has 3 aromatic heterocycles. The predicted octanol–water partition coefficient (Wildman–Crippen LogP) is 11.1. The van der Waals surface area contributed by atoms with Gasteiger partial charge in [0.05, 0.1) is 39.1 Å². The molecule has 2 unspecified atom stereocenters. The molecule has 11 rings (SSSR count). The molecule has 4 heterocycles. The van der Waals surface area contributed by atoms with E-state index in [9.17, 15) is 0 Å². The number of nitrogens with zero attached hydrogens (tertiary/aromatic N) is 3. The molecule has 5 nitrogen and oxygen atoms in total. The first kappa shape index (κ1) is 28.3. The van der Waals surface area contributed by atoms with Gasteiger partial charge in [0.25, 0.3) is 0 Å². The number of benzene rings is 7. The standard InChI is InChI=1S/C46H33N5/c1-4-16-30(17-5-1)42-33-22-10-13-25-37(33)47-46(48-42)51-38-26-14-11-23-34(38)41-40(51)29-28-36-43(41)50(32-20-8-3-9-21-32)44-35-24-12-15-27-39(35)49(45(36)44)31-18-6-2-7-19-31/h1-29,42,46-48H. The lowest BCUT2D eigenvalue weighted by Crippen LogP contribution is -2.40. The van der Waals surface area contributed by atoms with Crippen molar-refractivity contribution in [2.45, 2.75) is 12.3 Å². The lowest BCUT2D eigenvalue weighted by molar-refractivity contribution is 0.417. The molecule has 2 N–H and O–H groups in total. The molecule has 0 amide bonds. The molecule has 0 bridgehead atoms. The molecule has 0 fully saturated rings. The van der Waals surface area contributed by atoms with Crippen LogP contribution in [0.15, 0.2) is 176 Å². The average Bonchev–Trinajstić information content (AvgIpc) is 3.84. The van der Waals surface area contributed by atoms with Gasteiger partial charge in [0.1, 0.15) is 0 Å². The Labute approximate surface area is 294 Å². The third kappa shape index (κ3) is 4.07. The van der Waals surface area contributed by atoms with Gasteiger partial charge in [-0.2, -0.15) is 0 Å². The van der Waals surface area contributed by atoms with E-state index >= 15 is 0 Å². The van der Waals surface area contributed by atoms with Crippen LogP contribution in [0, 0.1) is 0 Å². The minimum atomic E-state index is -0.196. The normalized spacial score (nSPS) is 15.9. The second kappa shape index (κ2) is 11.0. The maximum Gasteiger partial charge on any atom is 0.160 e. The number of para-hydroxylation sites is 5. The van der Waals surface area contributed by atoms with Crippen molar-refractivity contribution in [3.05, 3.63) is 187 Å². The van der Waals surface area contributed by atoms with Gasteiger partial charge < -0.3 is 19.0 Å². The molecule has 2 atom stereocenters. The number of anilines is 1. The molecular weight excluding hydrogens is 623 g/mol. The van der Waals surface area contributed by atoms with Gasteiger partial charge in [0.15, 0.2) is 6.29 Å². The Bertz CT molecular complexity index is 2920. The predicted molar refractivity (Wildman–Crippen MR) is 211 cm³/mol. The second-order valence-electron chi connectivity index (χ2n) is 13.4. The minimum absolute atomic E-state index is 0.0292. The molecule has 0 saturated carbocycles. The monoisotopic (exact) mass is 655 g/mol. The van der Waals surface area contributed by atoms with Crippen molar-refractivity contribution in [2.24, 2.45) is 0 Å². The Morgan fingerprint density at radius 1 is 0.412 bits per heavy atom. The van der Waals surface area contributed by atoms with Crippen LogP contribution >= 0.6 is 0 Å². The van der Waals surface area contributed by atoms with E-state index < -0.39 is 0 Å². The van der Waals surface area contributed by atoms with Crippen molar-refractivity contribution in [3.63, 3.8) is 0 Å². The van der Waals surface area contributed by atoms with E-state index in [1.165, 1.54) is 65.8 Å². The van der Waals surface area contributed by atoms with Crippen molar-refractivity contribution >= 4 is 60.3 Å². The molecular formula is C46H33N5. The van der Waals surface area contributed by atoms with E-state index in [4.69, 9.17) is 0 Å². The van der Waals surface area contributed by atoms with Gasteiger partial charge in [-0.05, 0) is 65.7 Å². The second-order valence-corrected chi connectivity index (χ2v) is 13.4. The van der Waals surface area contributed by atoms with E-state index in [1.54, 1.807) is 0 Å². The summed E-state index contributed by atoms with van der Waals surface area (Å²) >= 11 is 0. The highest BCUT2D eigenvalue weighted by molar-refractivity contribution is 6.29. The summed E-state index contributed by atoms with van der Waals surface area (Å²) in [6, 6.07) is 63.5. The van der Waals surface area contributed by atoms with Crippen molar-refractivity contribution in [1.29, 1.82) is 0 Å². The zero-order chi connectivity index (χ0) is 33.5. The SMILES string of the molecule is c1ccc(C2NC(n3c4ccccc4c4c5c(ccc43)c3c(c4ccccc4n3-c3ccccc3)n5-c3ccccc3)Nc3ccccc32)cc1. The molecule has 7 aromatic carbocycles. The van der Waals surface area contributed by atoms with Crippen molar-refractivity contribution in [2.75, 3.05) is 5.32 Å². The zero-order valence-electron chi connectivity index (χ0n) is 27.7. The highest BCUT2D eigenvalue weighted by atomic mass is 15.3. The first-order chi connectivity index (χ1) is 25.3. The maximum atomic E-state index is 4.02. The molecule has 10 aromatic rings. The fourth-order valence-electron chi connectivity index (χ4n) is 8.64. The van der Waals surface area contributed by atoms with Crippen LogP contribution < -0.4 is 10.6 Å². The summed E-state index contributed by atoms with van der Waals surface area (Å²) < 4.78 is 7.42. The number of nitrogens with one attached hydrogen (secondary N) is 2. The van der Waals surface area contributed by atoms with Gasteiger partial charge in [-0.3, -0.25) is 5.32 Å². The molecule has 5 heteroatoms. The molecule has 1 aliphatic rings. The van der Waals surface area contributed by atoms with Crippen molar-refractivity contribution in [3.8, 4) is 11.4 Å². The number of aromatic nitrogens is 3. The largest absolute Gasteiger partial charge is 0.352 e. The highest BCUT2D eigenvalue weighted by Gasteiger charge is 2.31. The molecule has 0 radical (unpaired) electrons. The van der Waals surface area contributed by atoms with Crippen LogP contribution in [-0.2, 0) is 0 Å². The molecule has 1 aliphatic heterocycles. The third-order valence-corrected chi connectivity index (χ3v) is 10.7. The number of rotatable bonds is 4. The Kier molecular flexibility index (Phi) is 6.09. The fourth-order valence-corrected chi connectivity index (χ4v) is 8.64. The fraction of sp³-hybridized carbons (Fsp3) is 0.0435. The van der Waals surface area contributed by atoms with E-state index in [2.05, 4.69) is 200 Å². The van der Waals surface area contributed by atoms with Gasteiger partial charge in [-0.1, -0.05) is 121 Å². The smallest absolute Gasteiger partial charge is 0.160 e. The van der Waals surface area contributed by atoms with Crippen LogP contribution in [0.5, 0.6) is 0 Å². The first-order valence-corrected chi connectivity index (χ1v) is 17.6. The van der Waals surface area contributed by atoms with Crippen LogP contribution in [0.25, 0.3) is 66.0 Å². The van der Waals surface area contributed by atoms with Gasteiger partial charge in [0, 0.05) is 38.6 Å². The van der Waals surface area contributed by atoms with Crippen molar-refractivity contribution < 1.29 is 0 Å². The Hall–Kier alpha value is -6.56. The quantitative estimate of drug-likeness (QED) is 0.198. The van der Waals surface area contributed by atoms with Crippen LogP contribution in [0.1, 0.15) is 23.5 Å². The van der Waals surface area contributed by atoms with E-state index in [0.717, 1.165) is 17.1 Å². The first-order valence-electron chi connectivity index (χ1n) is 17.6. The van der Waals surface area contributed by atoms with Crippen LogP contribution in [0.4, 0.5) is 5.69 Å². The van der Waals surface area contributed by atoms with Gasteiger partial charge >= 0.3 is 0 Å². The molecule has 51 heavy (non-hydrogen) atoms. The van der Waals surface area contributed by atoms with Crippen LogP contribution in [0.3, 0.4) is 0 Å². The van der Waals surface area contributed by atoms with E-state index in [-0.39, 0.29) is 12.3 Å². The summed E-state index contributed by atoms with van der Waals surface area (Å²) in [5.41, 5.74) is 13.1. The topological polar surface area (TPSA) is 38.9 Å². The Morgan fingerprint density at radius 3 is 1.76 bits per heavy atom. The van der Waals surface area contributed by atoms with Crippen LogP contribution in [0.2, 0.25) is 0 Å². The van der Waals surface area contributed by atoms with Gasteiger partial charge in [-0.15, -0.1) is 0 Å². The number of hydrogen-bond acceptors (Lipinski definition) is 2. The van der Waals surface area contributed by atoms with E-state index in [0.29, 0.717) is 0 Å². The summed E-state index contributed by atoms with van der Waals surface area (Å²) in [5.74, 6) is 0. The number of fused-ring (bicyclic) bond motifs is 10. The van der Waals surface area contributed by atoms with Gasteiger partial charge in [-0.25, -0.2) is 0 Å². The summed E-state index contributed by atoms with van der Waals surface area (Å²) in [6.45, 7) is 0. The van der Waals surface area contributed by atoms with Crippen LogP contribution in [-0.4, -0.2) is 13.7 Å². The Balaban J connectivity index is 1.27. The Morgan fingerprint density at radius 2 is 1.00 bits per heavy atom. The lowest BCUT2D eigenvalue weighted by Gasteiger charge is -2.36. The summed E-state index contributed by atoms with van der Waals surface area (Å²) in [4.78, 5) is 0. The molecule has 0 saturated heterocycles. The summed E-state index contributed by atoms with van der Waals surface area (Å²) in [7, 11) is 0. The lowest BCUT2D eigenvalue weighted by atomic mass is 9.95. The van der Waals surface area contributed by atoms with E-state index in [1.807, 2.05) is 0 Å². The molecule has 0 spiro atoms. The third-order valence-electron chi connectivity index (χ3n) is 10.7. The molecule has 242 valence electrons. The van der Waals surface area contributed by atoms with Gasteiger partial charge in [0.2, 0.25) is 0 Å². The molecule has 0 aliphatic carbocycles. The zero-order valence-corrected chi connectivity index (χ0v) is 27.7. The summed E-state index contributed by atoms with van der Waals surface area (Å²) in [6.07, 6.45) is -0.196. The van der Waals surface area contributed by atoms with Crippen molar-refractivity contribution in [1.82, 2.24) is 19.0 Å². The maximum absolute atomic E-state index is 4.02. The summed E-state index contributed by atoms with van der Waals surface area (Å²) in [5, 5.41) is 12.8. The average molecular weight is 656 g/mol. The number of hydrogen-bond donors (Lipinski definition) is 2.